The van der Waals surface area contributed by atoms with E-state index in [0.29, 0.717) is 6.54 Å². The quantitative estimate of drug-likeness (QED) is 0.375. The molecule has 1 aromatic carbocycles. The van der Waals surface area contributed by atoms with E-state index in [4.69, 9.17) is 4.84 Å². The molecule has 3 rings (SSSR count). The summed E-state index contributed by atoms with van der Waals surface area (Å²) in [6.45, 7) is 2.43. The first-order valence-electron chi connectivity index (χ1n) is 8.99. The van der Waals surface area contributed by atoms with Crippen LogP contribution in [0, 0.1) is 0 Å². The molecule has 0 aliphatic carbocycles. The van der Waals surface area contributed by atoms with E-state index in [9.17, 15) is 24.0 Å². The monoisotopic (exact) mass is 388 g/mol. The molecule has 148 valence electrons. The van der Waals surface area contributed by atoms with Gasteiger partial charge >= 0.3 is 6.09 Å². The van der Waals surface area contributed by atoms with Crippen molar-refractivity contribution < 1.29 is 28.8 Å². The predicted octanol–water partition coefficient (Wildman–Crippen LogP) is 0.941. The number of nitrogens with one attached hydrogen (secondary N) is 3. The number of benzene rings is 1. The minimum Gasteiger partial charge on any atom is -0.324 e. The maximum atomic E-state index is 12.9. The predicted molar refractivity (Wildman–Crippen MR) is 96.1 cm³/mol. The first-order valence-corrected chi connectivity index (χ1v) is 8.99. The highest BCUT2D eigenvalue weighted by Crippen LogP contribution is 2.32. The molecule has 2 aliphatic rings. The van der Waals surface area contributed by atoms with Crippen molar-refractivity contribution in [2.75, 3.05) is 12.0 Å². The van der Waals surface area contributed by atoms with Crippen molar-refractivity contribution in [2.24, 2.45) is 0 Å². The Morgan fingerprint density at radius 1 is 1.25 bits per heavy atom. The summed E-state index contributed by atoms with van der Waals surface area (Å²) in [7, 11) is 0. The van der Waals surface area contributed by atoms with E-state index in [2.05, 4.69) is 16.1 Å². The highest BCUT2D eigenvalue weighted by molar-refractivity contribution is 6.25. The van der Waals surface area contributed by atoms with Crippen LogP contribution in [0.3, 0.4) is 0 Å². The Bertz CT molecular complexity index is 852. The molecule has 10 heteroatoms. The topological polar surface area (TPSA) is 134 Å². The summed E-state index contributed by atoms with van der Waals surface area (Å²) < 4.78 is 0. The van der Waals surface area contributed by atoms with Crippen molar-refractivity contribution >= 4 is 35.4 Å². The van der Waals surface area contributed by atoms with Crippen LogP contribution in [-0.4, -0.2) is 47.2 Å². The number of carbonyl (C=O) groups is 5. The van der Waals surface area contributed by atoms with Crippen LogP contribution in [0.1, 0.15) is 53.3 Å². The molecule has 1 unspecified atom stereocenters. The van der Waals surface area contributed by atoms with Gasteiger partial charge in [0.25, 0.3) is 11.8 Å². The molecule has 1 fully saturated rings. The number of imide groups is 2. The number of unbranched alkanes of at least 4 members (excludes halogenated alkanes) is 1. The highest BCUT2D eigenvalue weighted by atomic mass is 16.7. The SMILES string of the molecule is CCCCNC(=O)ONc1cccc2c1C(=O)N(C1CCC(=O)NC1=O)C2=O. The van der Waals surface area contributed by atoms with Crippen LogP contribution in [0.2, 0.25) is 0 Å². The molecule has 10 nitrogen and oxygen atoms in total. The van der Waals surface area contributed by atoms with E-state index < -0.39 is 35.8 Å². The lowest BCUT2D eigenvalue weighted by Crippen LogP contribution is -2.54. The van der Waals surface area contributed by atoms with Gasteiger partial charge in [-0.3, -0.25) is 29.4 Å². The Hall–Kier alpha value is -3.43. The van der Waals surface area contributed by atoms with E-state index in [1.807, 2.05) is 6.92 Å². The van der Waals surface area contributed by atoms with Crippen molar-refractivity contribution in [1.82, 2.24) is 15.5 Å². The standard InChI is InChI=1S/C18H20N4O6/c1-2-3-9-19-18(27)28-21-11-6-4-5-10-14(11)17(26)22(16(10)25)12-7-8-13(23)20-15(12)24/h4-6,12,21H,2-3,7-9H2,1H3,(H,19,27)(H,20,23,24). The average molecular weight is 388 g/mol. The molecule has 0 aromatic heterocycles. The van der Waals surface area contributed by atoms with Crippen LogP contribution >= 0.6 is 0 Å². The maximum Gasteiger partial charge on any atom is 0.431 e. The fraction of sp³-hybridized carbons (Fsp3) is 0.389. The van der Waals surface area contributed by atoms with E-state index >= 15 is 0 Å². The molecule has 0 radical (unpaired) electrons. The van der Waals surface area contributed by atoms with Crippen LogP contribution in [0.4, 0.5) is 10.5 Å². The Morgan fingerprint density at radius 3 is 2.75 bits per heavy atom. The Morgan fingerprint density at radius 2 is 2.04 bits per heavy atom. The van der Waals surface area contributed by atoms with Crippen molar-refractivity contribution in [3.63, 3.8) is 0 Å². The van der Waals surface area contributed by atoms with E-state index in [1.54, 1.807) is 0 Å². The number of nitrogens with zero attached hydrogens (tertiary/aromatic N) is 1. The largest absolute Gasteiger partial charge is 0.431 e. The van der Waals surface area contributed by atoms with Gasteiger partial charge < -0.3 is 10.2 Å². The summed E-state index contributed by atoms with van der Waals surface area (Å²) in [5.41, 5.74) is 2.64. The lowest BCUT2D eigenvalue weighted by molar-refractivity contribution is -0.136. The second-order valence-corrected chi connectivity index (χ2v) is 6.45. The summed E-state index contributed by atoms with van der Waals surface area (Å²) in [5, 5.41) is 4.68. The number of piperidine rings is 1. The number of carbonyl (C=O) groups excluding carboxylic acids is 5. The number of hydrogen-bond donors (Lipinski definition) is 3. The number of fused-ring (bicyclic) bond motifs is 1. The molecule has 1 aromatic rings. The van der Waals surface area contributed by atoms with Gasteiger partial charge in [0.2, 0.25) is 11.8 Å². The average Bonchev–Trinajstić information content (AvgIpc) is 2.92. The fourth-order valence-corrected chi connectivity index (χ4v) is 3.10. The van der Waals surface area contributed by atoms with Gasteiger partial charge in [0.05, 0.1) is 16.8 Å². The molecular weight excluding hydrogens is 368 g/mol. The molecule has 0 saturated carbocycles. The zero-order chi connectivity index (χ0) is 20.3. The fourth-order valence-electron chi connectivity index (χ4n) is 3.10. The number of anilines is 1. The summed E-state index contributed by atoms with van der Waals surface area (Å²) in [4.78, 5) is 66.4. The molecule has 0 spiro atoms. The zero-order valence-electron chi connectivity index (χ0n) is 15.2. The van der Waals surface area contributed by atoms with Gasteiger partial charge in [-0.1, -0.05) is 19.4 Å². The normalized spacial score (nSPS) is 18.6. The Balaban J connectivity index is 1.76. The van der Waals surface area contributed by atoms with Gasteiger partial charge in [0.1, 0.15) is 6.04 Å². The Kier molecular flexibility index (Phi) is 5.57. The second-order valence-electron chi connectivity index (χ2n) is 6.45. The first kappa shape index (κ1) is 19.3. The minimum atomic E-state index is -1.06. The molecule has 3 N–H and O–H groups in total. The lowest BCUT2D eigenvalue weighted by atomic mass is 10.0. The third-order valence-corrected chi connectivity index (χ3v) is 4.52. The molecular formula is C18H20N4O6. The van der Waals surface area contributed by atoms with Crippen molar-refractivity contribution in [3.8, 4) is 0 Å². The molecule has 1 saturated heterocycles. The van der Waals surface area contributed by atoms with Gasteiger partial charge in [-0.2, -0.15) is 0 Å². The van der Waals surface area contributed by atoms with Crippen molar-refractivity contribution in [2.45, 2.75) is 38.6 Å². The summed E-state index contributed by atoms with van der Waals surface area (Å²) in [5.74, 6) is -2.45. The zero-order valence-corrected chi connectivity index (χ0v) is 15.2. The lowest BCUT2D eigenvalue weighted by Gasteiger charge is -2.27. The smallest absolute Gasteiger partial charge is 0.324 e. The molecule has 28 heavy (non-hydrogen) atoms. The highest BCUT2D eigenvalue weighted by Gasteiger charge is 2.45. The van der Waals surface area contributed by atoms with E-state index in [-0.39, 0.29) is 29.7 Å². The van der Waals surface area contributed by atoms with Crippen LogP contribution in [0.25, 0.3) is 0 Å². The Labute approximate surface area is 160 Å². The van der Waals surface area contributed by atoms with Gasteiger partial charge in [0.15, 0.2) is 0 Å². The molecule has 1 atom stereocenters. The summed E-state index contributed by atoms with van der Waals surface area (Å²) in [6.07, 6.45) is 1.09. The third-order valence-electron chi connectivity index (χ3n) is 4.52. The van der Waals surface area contributed by atoms with Gasteiger partial charge in [-0.25, -0.2) is 10.3 Å². The molecule has 5 amide bonds. The summed E-state index contributed by atoms with van der Waals surface area (Å²) >= 11 is 0. The van der Waals surface area contributed by atoms with Crippen LogP contribution in [0.15, 0.2) is 18.2 Å². The first-order chi connectivity index (χ1) is 13.4. The van der Waals surface area contributed by atoms with Crippen LogP contribution in [0.5, 0.6) is 0 Å². The van der Waals surface area contributed by atoms with Crippen LogP contribution in [-0.2, 0) is 14.4 Å². The second kappa shape index (κ2) is 8.07. The van der Waals surface area contributed by atoms with Gasteiger partial charge in [0, 0.05) is 13.0 Å². The number of hydrogen-bond acceptors (Lipinski definition) is 7. The summed E-state index contributed by atoms with van der Waals surface area (Å²) in [6, 6.07) is 3.40. The van der Waals surface area contributed by atoms with Gasteiger partial charge in [-0.05, 0) is 25.0 Å². The van der Waals surface area contributed by atoms with Crippen molar-refractivity contribution in [3.05, 3.63) is 29.3 Å². The molecule has 2 aliphatic heterocycles. The molecule has 0 bridgehead atoms. The van der Waals surface area contributed by atoms with E-state index in [0.717, 1.165) is 17.7 Å². The van der Waals surface area contributed by atoms with E-state index in [1.165, 1.54) is 18.2 Å². The van der Waals surface area contributed by atoms with Crippen LogP contribution < -0.4 is 16.1 Å². The maximum absolute atomic E-state index is 12.9. The third kappa shape index (κ3) is 3.66. The van der Waals surface area contributed by atoms with Crippen molar-refractivity contribution in [1.29, 1.82) is 0 Å². The molecule has 2 heterocycles. The minimum absolute atomic E-state index is 0.0126. The number of amides is 5. The number of rotatable bonds is 6. The van der Waals surface area contributed by atoms with Gasteiger partial charge in [-0.15, -0.1) is 0 Å².